The Balaban J connectivity index is 1.89. The predicted octanol–water partition coefficient (Wildman–Crippen LogP) is 0.660. The molecule has 134 valence electrons. The van der Waals surface area contributed by atoms with Crippen LogP contribution in [0.15, 0.2) is 0 Å². The standard InChI is InChI=1S/C15H28N2O5S/c1-13(2)4-7-17(23(3,19)20)12-14(18)16-8-5-15(6-9-16)21-10-11-22-15/h13H,4-12H2,1-3H3. The van der Waals surface area contributed by atoms with Gasteiger partial charge in [0.2, 0.25) is 15.9 Å². The van der Waals surface area contributed by atoms with Gasteiger partial charge in [-0.2, -0.15) is 4.31 Å². The van der Waals surface area contributed by atoms with E-state index in [0.717, 1.165) is 12.7 Å². The van der Waals surface area contributed by atoms with Crippen molar-refractivity contribution in [3.05, 3.63) is 0 Å². The number of amides is 1. The molecule has 0 saturated carbocycles. The van der Waals surface area contributed by atoms with Gasteiger partial charge >= 0.3 is 0 Å². The number of hydrogen-bond acceptors (Lipinski definition) is 5. The molecule has 2 fully saturated rings. The van der Waals surface area contributed by atoms with Gasteiger partial charge in [0.1, 0.15) is 0 Å². The Bertz CT molecular complexity index is 504. The van der Waals surface area contributed by atoms with Crippen molar-refractivity contribution in [2.75, 3.05) is 45.6 Å². The minimum Gasteiger partial charge on any atom is -0.347 e. The molecule has 0 N–H and O–H groups in total. The fourth-order valence-electron chi connectivity index (χ4n) is 2.90. The molecule has 7 nitrogen and oxygen atoms in total. The number of nitrogens with zero attached hydrogens (tertiary/aromatic N) is 2. The molecular formula is C15H28N2O5S. The van der Waals surface area contributed by atoms with Crippen molar-refractivity contribution in [1.82, 2.24) is 9.21 Å². The summed E-state index contributed by atoms with van der Waals surface area (Å²) in [7, 11) is -3.38. The highest BCUT2D eigenvalue weighted by molar-refractivity contribution is 7.88. The third kappa shape index (κ3) is 5.14. The topological polar surface area (TPSA) is 76.2 Å². The molecule has 1 amide bonds. The molecule has 2 aliphatic heterocycles. The van der Waals surface area contributed by atoms with Gasteiger partial charge in [0.15, 0.2) is 5.79 Å². The third-order valence-corrected chi connectivity index (χ3v) is 5.68. The van der Waals surface area contributed by atoms with Gasteiger partial charge in [-0.05, 0) is 12.3 Å². The summed E-state index contributed by atoms with van der Waals surface area (Å²) in [4.78, 5) is 14.2. The Hall–Kier alpha value is -0.700. The van der Waals surface area contributed by atoms with Gasteiger partial charge in [-0.1, -0.05) is 13.8 Å². The van der Waals surface area contributed by atoms with Crippen molar-refractivity contribution >= 4 is 15.9 Å². The maximum Gasteiger partial charge on any atom is 0.237 e. The first-order valence-electron chi connectivity index (χ1n) is 8.23. The van der Waals surface area contributed by atoms with Crippen molar-refractivity contribution in [3.63, 3.8) is 0 Å². The molecule has 0 radical (unpaired) electrons. The summed E-state index contributed by atoms with van der Waals surface area (Å²) in [5, 5.41) is 0. The molecule has 0 aromatic heterocycles. The molecule has 8 heteroatoms. The Morgan fingerprint density at radius 2 is 1.78 bits per heavy atom. The zero-order chi connectivity index (χ0) is 17.1. The van der Waals surface area contributed by atoms with Crippen LogP contribution in [0.4, 0.5) is 0 Å². The van der Waals surface area contributed by atoms with Gasteiger partial charge in [-0.15, -0.1) is 0 Å². The van der Waals surface area contributed by atoms with E-state index in [2.05, 4.69) is 0 Å². The number of ether oxygens (including phenoxy) is 2. The van der Waals surface area contributed by atoms with Gasteiger partial charge in [0.25, 0.3) is 0 Å². The van der Waals surface area contributed by atoms with Crippen LogP contribution in [0.3, 0.4) is 0 Å². The van der Waals surface area contributed by atoms with Gasteiger partial charge in [0.05, 0.1) is 26.0 Å². The van der Waals surface area contributed by atoms with Crippen molar-refractivity contribution in [2.45, 2.75) is 38.9 Å². The summed E-state index contributed by atoms with van der Waals surface area (Å²) in [6.45, 7) is 6.66. The predicted molar refractivity (Wildman–Crippen MR) is 86.3 cm³/mol. The van der Waals surface area contributed by atoms with Gasteiger partial charge < -0.3 is 14.4 Å². The number of carbonyl (C=O) groups excluding carboxylic acids is 1. The lowest BCUT2D eigenvalue weighted by Gasteiger charge is -2.38. The number of rotatable bonds is 6. The first kappa shape index (κ1) is 18.6. The van der Waals surface area contributed by atoms with Crippen molar-refractivity contribution in [3.8, 4) is 0 Å². The Morgan fingerprint density at radius 1 is 1.22 bits per heavy atom. The van der Waals surface area contributed by atoms with Crippen LogP contribution in [0.5, 0.6) is 0 Å². The molecule has 0 bridgehead atoms. The number of piperidine rings is 1. The van der Waals surface area contributed by atoms with Crippen LogP contribution in [-0.4, -0.2) is 75.0 Å². The van der Waals surface area contributed by atoms with Crippen LogP contribution in [-0.2, 0) is 24.3 Å². The quantitative estimate of drug-likeness (QED) is 0.705. The van der Waals surface area contributed by atoms with Crippen LogP contribution in [0.25, 0.3) is 0 Å². The summed E-state index contributed by atoms with van der Waals surface area (Å²) < 4.78 is 36.3. The van der Waals surface area contributed by atoms with E-state index in [1.54, 1.807) is 4.90 Å². The van der Waals surface area contributed by atoms with E-state index in [1.165, 1.54) is 4.31 Å². The first-order chi connectivity index (χ1) is 10.7. The van der Waals surface area contributed by atoms with Gasteiger partial charge in [-0.25, -0.2) is 8.42 Å². The zero-order valence-corrected chi connectivity index (χ0v) is 15.1. The van der Waals surface area contributed by atoms with Crippen LogP contribution in [0, 0.1) is 5.92 Å². The van der Waals surface area contributed by atoms with E-state index >= 15 is 0 Å². The molecule has 1 spiro atoms. The third-order valence-electron chi connectivity index (χ3n) is 4.43. The largest absolute Gasteiger partial charge is 0.347 e. The van der Waals surface area contributed by atoms with Gasteiger partial charge in [0, 0.05) is 32.5 Å². The summed E-state index contributed by atoms with van der Waals surface area (Å²) in [6, 6.07) is 0. The molecule has 2 heterocycles. The van der Waals surface area contributed by atoms with Crippen LogP contribution in [0.2, 0.25) is 0 Å². The second-order valence-electron chi connectivity index (χ2n) is 6.77. The molecule has 2 aliphatic rings. The number of likely N-dealkylation sites (tertiary alicyclic amines) is 1. The summed E-state index contributed by atoms with van der Waals surface area (Å²) in [5.74, 6) is -0.279. The fourth-order valence-corrected chi connectivity index (χ4v) is 3.68. The SMILES string of the molecule is CC(C)CCN(CC(=O)N1CCC2(CC1)OCCO2)S(C)(=O)=O. The molecule has 23 heavy (non-hydrogen) atoms. The lowest BCUT2D eigenvalue weighted by atomic mass is 10.0. The number of hydrogen-bond donors (Lipinski definition) is 0. The Kier molecular flexibility index (Phi) is 6.05. The molecule has 0 aromatic rings. The van der Waals surface area contributed by atoms with Crippen LogP contribution in [0.1, 0.15) is 33.1 Å². The van der Waals surface area contributed by atoms with Crippen molar-refractivity contribution in [2.24, 2.45) is 5.92 Å². The van der Waals surface area contributed by atoms with Crippen LogP contribution >= 0.6 is 0 Å². The molecule has 2 saturated heterocycles. The Labute approximate surface area is 139 Å². The average Bonchev–Trinajstić information content (AvgIpc) is 2.90. The highest BCUT2D eigenvalue weighted by Crippen LogP contribution is 2.31. The van der Waals surface area contributed by atoms with Crippen LogP contribution < -0.4 is 0 Å². The molecular weight excluding hydrogens is 320 g/mol. The second-order valence-corrected chi connectivity index (χ2v) is 8.75. The highest BCUT2D eigenvalue weighted by atomic mass is 32.2. The van der Waals surface area contributed by atoms with Crippen molar-refractivity contribution < 1.29 is 22.7 Å². The van der Waals surface area contributed by atoms with E-state index in [0.29, 0.717) is 51.6 Å². The maximum absolute atomic E-state index is 12.4. The number of carbonyl (C=O) groups is 1. The van der Waals surface area contributed by atoms with Crippen molar-refractivity contribution in [1.29, 1.82) is 0 Å². The number of sulfonamides is 1. The lowest BCUT2D eigenvalue weighted by molar-refractivity contribution is -0.187. The fraction of sp³-hybridized carbons (Fsp3) is 0.933. The smallest absolute Gasteiger partial charge is 0.237 e. The minimum atomic E-state index is -3.38. The Morgan fingerprint density at radius 3 is 2.26 bits per heavy atom. The first-order valence-corrected chi connectivity index (χ1v) is 10.1. The van der Waals surface area contributed by atoms with E-state index in [1.807, 2.05) is 13.8 Å². The van der Waals surface area contributed by atoms with E-state index in [9.17, 15) is 13.2 Å². The highest BCUT2D eigenvalue weighted by Gasteiger charge is 2.41. The molecule has 0 aliphatic carbocycles. The average molecular weight is 348 g/mol. The summed E-state index contributed by atoms with van der Waals surface area (Å²) in [5.41, 5.74) is 0. The second kappa shape index (κ2) is 7.46. The minimum absolute atomic E-state index is 0.0831. The molecule has 2 rings (SSSR count). The van der Waals surface area contributed by atoms with E-state index < -0.39 is 15.8 Å². The monoisotopic (exact) mass is 348 g/mol. The molecule has 0 aromatic carbocycles. The lowest BCUT2D eigenvalue weighted by Crippen LogP contribution is -2.50. The maximum atomic E-state index is 12.4. The molecule has 0 unspecified atom stereocenters. The normalized spacial score (nSPS) is 21.5. The van der Waals surface area contributed by atoms with E-state index in [4.69, 9.17) is 9.47 Å². The summed E-state index contributed by atoms with van der Waals surface area (Å²) in [6.07, 6.45) is 3.18. The zero-order valence-electron chi connectivity index (χ0n) is 14.3. The van der Waals surface area contributed by atoms with E-state index in [-0.39, 0.29) is 12.5 Å². The summed E-state index contributed by atoms with van der Waals surface area (Å²) >= 11 is 0. The molecule has 0 atom stereocenters. The van der Waals surface area contributed by atoms with Gasteiger partial charge in [-0.3, -0.25) is 4.79 Å².